The third-order valence-corrected chi connectivity index (χ3v) is 2.20. The topological polar surface area (TPSA) is 0 Å². The molecule has 0 fully saturated rings. The van der Waals surface area contributed by atoms with Gasteiger partial charge in [0.2, 0.25) is 0 Å². The molecule has 0 bridgehead atoms. The van der Waals surface area contributed by atoms with Crippen LogP contribution in [0.1, 0.15) is 19.4 Å². The number of halogens is 2. The lowest BCUT2D eigenvalue weighted by Crippen LogP contribution is -2.15. The second-order valence-corrected chi connectivity index (χ2v) is 3.83. The fraction of sp³-hybridized carbons (Fsp3) is 0.273. The highest BCUT2D eigenvalue weighted by Gasteiger charge is 2.21. The van der Waals surface area contributed by atoms with Crippen molar-refractivity contribution in [3.8, 4) is 12.3 Å². The fourth-order valence-corrected chi connectivity index (χ4v) is 1.23. The van der Waals surface area contributed by atoms with Gasteiger partial charge in [-0.3, -0.25) is 0 Å². The second kappa shape index (κ2) is 3.40. The van der Waals surface area contributed by atoms with Crippen molar-refractivity contribution in [1.29, 1.82) is 0 Å². The lowest BCUT2D eigenvalue weighted by molar-refractivity contribution is 0.568. The van der Waals surface area contributed by atoms with E-state index in [2.05, 4.69) is 5.92 Å². The molecule has 1 aromatic rings. The predicted octanol–water partition coefficient (Wildman–Crippen LogP) is 3.39. The molecule has 0 atom stereocenters. The molecule has 0 unspecified atom stereocenters. The average Bonchev–Trinajstić information content (AvgIpc) is 2.03. The van der Waals surface area contributed by atoms with Crippen LogP contribution in [0.2, 0.25) is 5.02 Å². The molecule has 2 heteroatoms. The third kappa shape index (κ3) is 2.02. The minimum absolute atomic E-state index is 0.351. The quantitative estimate of drug-likeness (QED) is 0.604. The Morgan fingerprint density at radius 1 is 1.46 bits per heavy atom. The standard InChI is InChI=1S/C11H10ClF/c1-4-11(2,3)9-6-5-8(12)7-10(9)13/h1,5-7H,2-3H3. The Kier molecular flexibility index (Phi) is 2.63. The van der Waals surface area contributed by atoms with Crippen molar-refractivity contribution in [3.63, 3.8) is 0 Å². The Balaban J connectivity index is 3.26. The van der Waals surface area contributed by atoms with Gasteiger partial charge in [-0.25, -0.2) is 4.39 Å². The molecule has 0 aliphatic carbocycles. The van der Waals surface area contributed by atoms with E-state index in [9.17, 15) is 4.39 Å². The monoisotopic (exact) mass is 196 g/mol. The summed E-state index contributed by atoms with van der Waals surface area (Å²) >= 11 is 5.62. The first kappa shape index (κ1) is 10.1. The highest BCUT2D eigenvalue weighted by molar-refractivity contribution is 6.30. The van der Waals surface area contributed by atoms with E-state index in [4.69, 9.17) is 18.0 Å². The normalized spacial score (nSPS) is 11.0. The molecule has 0 aliphatic rings. The van der Waals surface area contributed by atoms with Crippen LogP contribution in [0.3, 0.4) is 0 Å². The van der Waals surface area contributed by atoms with E-state index in [0.717, 1.165) is 0 Å². The second-order valence-electron chi connectivity index (χ2n) is 3.39. The van der Waals surface area contributed by atoms with Crippen molar-refractivity contribution in [2.45, 2.75) is 19.3 Å². The summed E-state index contributed by atoms with van der Waals surface area (Å²) in [7, 11) is 0. The highest BCUT2D eigenvalue weighted by atomic mass is 35.5. The molecular formula is C11H10ClF. The van der Waals surface area contributed by atoms with E-state index in [0.29, 0.717) is 10.6 Å². The Bertz CT molecular complexity index is 361. The van der Waals surface area contributed by atoms with Crippen LogP contribution in [0.25, 0.3) is 0 Å². The molecule has 0 N–H and O–H groups in total. The Morgan fingerprint density at radius 2 is 2.08 bits per heavy atom. The lowest BCUT2D eigenvalue weighted by atomic mass is 9.85. The van der Waals surface area contributed by atoms with Gasteiger partial charge in [-0.05, 0) is 26.0 Å². The SMILES string of the molecule is C#CC(C)(C)c1ccc(Cl)cc1F. The van der Waals surface area contributed by atoms with Crippen LogP contribution in [0.4, 0.5) is 4.39 Å². The summed E-state index contributed by atoms with van der Waals surface area (Å²) in [6.45, 7) is 3.58. The first-order chi connectivity index (χ1) is 5.97. The van der Waals surface area contributed by atoms with E-state index in [-0.39, 0.29) is 5.82 Å². The Labute approximate surface area is 82.7 Å². The van der Waals surface area contributed by atoms with Crippen molar-refractivity contribution in [1.82, 2.24) is 0 Å². The van der Waals surface area contributed by atoms with E-state index in [1.165, 1.54) is 6.07 Å². The summed E-state index contributed by atoms with van der Waals surface area (Å²) in [5.41, 5.74) is -0.0892. The van der Waals surface area contributed by atoms with Crippen LogP contribution in [0, 0.1) is 18.2 Å². The number of rotatable bonds is 1. The zero-order chi connectivity index (χ0) is 10.1. The van der Waals surface area contributed by atoms with Gasteiger partial charge in [0.25, 0.3) is 0 Å². The van der Waals surface area contributed by atoms with Gasteiger partial charge in [0.1, 0.15) is 5.82 Å². The molecule has 0 nitrogen and oxygen atoms in total. The molecule has 0 aliphatic heterocycles. The summed E-state index contributed by atoms with van der Waals surface area (Å²) in [5.74, 6) is 2.18. The molecule has 68 valence electrons. The van der Waals surface area contributed by atoms with Crippen LogP contribution >= 0.6 is 11.6 Å². The van der Waals surface area contributed by atoms with Gasteiger partial charge in [-0.2, -0.15) is 0 Å². The Hall–Kier alpha value is -1.00. The minimum Gasteiger partial charge on any atom is -0.207 e. The molecule has 1 rings (SSSR count). The summed E-state index contributed by atoms with van der Waals surface area (Å²) in [6.07, 6.45) is 5.30. The highest BCUT2D eigenvalue weighted by Crippen LogP contribution is 2.26. The summed E-state index contributed by atoms with van der Waals surface area (Å²) in [4.78, 5) is 0. The number of hydrogen-bond acceptors (Lipinski definition) is 0. The molecule has 1 aromatic carbocycles. The van der Waals surface area contributed by atoms with Crippen LogP contribution in [-0.2, 0) is 5.41 Å². The van der Waals surface area contributed by atoms with Gasteiger partial charge in [0.15, 0.2) is 0 Å². The van der Waals surface area contributed by atoms with E-state index < -0.39 is 5.41 Å². The minimum atomic E-state index is -0.589. The van der Waals surface area contributed by atoms with Gasteiger partial charge in [0.05, 0.1) is 5.41 Å². The van der Waals surface area contributed by atoms with Crippen LogP contribution in [0.15, 0.2) is 18.2 Å². The van der Waals surface area contributed by atoms with Crippen LogP contribution in [-0.4, -0.2) is 0 Å². The van der Waals surface area contributed by atoms with E-state index in [1.54, 1.807) is 26.0 Å². The first-order valence-electron chi connectivity index (χ1n) is 3.90. The maximum Gasteiger partial charge on any atom is 0.129 e. The maximum absolute atomic E-state index is 13.4. The average molecular weight is 197 g/mol. The molecule has 0 heterocycles. The molecule has 0 aromatic heterocycles. The van der Waals surface area contributed by atoms with Crippen molar-refractivity contribution in [2.24, 2.45) is 0 Å². The lowest BCUT2D eigenvalue weighted by Gasteiger charge is -2.18. The number of benzene rings is 1. The number of hydrogen-bond donors (Lipinski definition) is 0. The smallest absolute Gasteiger partial charge is 0.129 e. The maximum atomic E-state index is 13.4. The zero-order valence-corrected chi connectivity index (χ0v) is 8.32. The fourth-order valence-electron chi connectivity index (χ4n) is 1.07. The van der Waals surface area contributed by atoms with Gasteiger partial charge >= 0.3 is 0 Å². The predicted molar refractivity (Wildman–Crippen MR) is 53.3 cm³/mol. The zero-order valence-electron chi connectivity index (χ0n) is 7.57. The van der Waals surface area contributed by atoms with Crippen LogP contribution in [0.5, 0.6) is 0 Å². The molecule has 13 heavy (non-hydrogen) atoms. The molecule has 0 saturated heterocycles. The van der Waals surface area contributed by atoms with Crippen LogP contribution < -0.4 is 0 Å². The Morgan fingerprint density at radius 3 is 2.54 bits per heavy atom. The third-order valence-electron chi connectivity index (χ3n) is 1.97. The first-order valence-corrected chi connectivity index (χ1v) is 4.28. The summed E-state index contributed by atoms with van der Waals surface area (Å²) in [5, 5.41) is 0.383. The van der Waals surface area contributed by atoms with Gasteiger partial charge in [-0.1, -0.05) is 23.6 Å². The van der Waals surface area contributed by atoms with Crippen molar-refractivity contribution in [3.05, 3.63) is 34.6 Å². The summed E-state index contributed by atoms with van der Waals surface area (Å²) in [6, 6.07) is 4.53. The van der Waals surface area contributed by atoms with Crippen molar-refractivity contribution >= 4 is 11.6 Å². The molecule has 0 spiro atoms. The van der Waals surface area contributed by atoms with E-state index >= 15 is 0 Å². The summed E-state index contributed by atoms with van der Waals surface area (Å²) < 4.78 is 13.4. The van der Waals surface area contributed by atoms with Gasteiger partial charge in [-0.15, -0.1) is 6.42 Å². The van der Waals surface area contributed by atoms with Gasteiger partial charge in [0, 0.05) is 10.6 Å². The molecular weight excluding hydrogens is 187 g/mol. The largest absolute Gasteiger partial charge is 0.207 e. The van der Waals surface area contributed by atoms with E-state index in [1.807, 2.05) is 0 Å². The number of terminal acetylenes is 1. The van der Waals surface area contributed by atoms with Gasteiger partial charge < -0.3 is 0 Å². The van der Waals surface area contributed by atoms with Crippen molar-refractivity contribution in [2.75, 3.05) is 0 Å². The molecule has 0 saturated carbocycles. The van der Waals surface area contributed by atoms with Crippen molar-refractivity contribution < 1.29 is 4.39 Å². The molecule has 0 amide bonds. The molecule has 0 radical (unpaired) electrons.